The first-order valence-corrected chi connectivity index (χ1v) is 7.81. The maximum atomic E-state index is 11.3. The minimum absolute atomic E-state index is 0.234. The maximum absolute atomic E-state index is 11.3. The predicted molar refractivity (Wildman–Crippen MR) is 90.6 cm³/mol. The number of hydrogen-bond acceptors (Lipinski definition) is 2. The molecule has 0 radical (unpaired) electrons. The fraction of sp³-hybridized carbons (Fsp3) is 0.250. The van der Waals surface area contributed by atoms with E-state index in [1.165, 1.54) is 22.3 Å². The Morgan fingerprint density at radius 3 is 2.50 bits per heavy atom. The molecule has 1 unspecified atom stereocenters. The summed E-state index contributed by atoms with van der Waals surface area (Å²) in [5.41, 5.74) is 7.35. The Morgan fingerprint density at radius 1 is 1.09 bits per heavy atom. The van der Waals surface area contributed by atoms with Gasteiger partial charge in [0.05, 0.1) is 0 Å². The molecule has 1 atom stereocenters. The second-order valence-electron chi connectivity index (χ2n) is 5.83. The summed E-state index contributed by atoms with van der Waals surface area (Å²) in [5, 5.41) is 3.23. The number of aryl methyl sites for hydroxylation is 2. The molecule has 2 heteroatoms. The van der Waals surface area contributed by atoms with Crippen LogP contribution < -0.4 is 5.32 Å². The van der Waals surface area contributed by atoms with Crippen molar-refractivity contribution >= 4 is 11.9 Å². The van der Waals surface area contributed by atoms with E-state index in [0.29, 0.717) is 0 Å². The number of aldehydes is 1. The summed E-state index contributed by atoms with van der Waals surface area (Å²) in [6.45, 7) is 4.23. The molecule has 2 nitrogen and oxygen atoms in total. The van der Waals surface area contributed by atoms with Crippen LogP contribution in [0.1, 0.15) is 40.8 Å². The lowest BCUT2D eigenvalue weighted by molar-refractivity contribution is -0.109. The van der Waals surface area contributed by atoms with E-state index in [4.69, 9.17) is 0 Å². The molecule has 0 amide bonds. The molecular weight excluding hydrogens is 270 g/mol. The molecule has 1 heterocycles. The summed E-state index contributed by atoms with van der Waals surface area (Å²) < 4.78 is 0. The lowest BCUT2D eigenvalue weighted by atomic mass is 9.87. The molecule has 0 saturated heterocycles. The fourth-order valence-electron chi connectivity index (χ4n) is 3.09. The zero-order chi connectivity index (χ0) is 15.5. The molecule has 3 rings (SSSR count). The van der Waals surface area contributed by atoms with Crippen molar-refractivity contribution < 1.29 is 4.79 Å². The first kappa shape index (κ1) is 14.6. The van der Waals surface area contributed by atoms with E-state index in [-0.39, 0.29) is 6.04 Å². The normalized spacial score (nSPS) is 16.5. The second kappa shape index (κ2) is 6.18. The highest BCUT2D eigenvalue weighted by molar-refractivity contribution is 5.78. The minimum atomic E-state index is -0.234. The molecule has 0 fully saturated rings. The zero-order valence-corrected chi connectivity index (χ0v) is 13.1. The second-order valence-corrected chi connectivity index (χ2v) is 5.83. The van der Waals surface area contributed by atoms with Crippen molar-refractivity contribution in [2.75, 3.05) is 0 Å². The van der Waals surface area contributed by atoms with Crippen molar-refractivity contribution in [2.45, 2.75) is 32.7 Å². The fourth-order valence-corrected chi connectivity index (χ4v) is 3.09. The third-order valence-electron chi connectivity index (χ3n) is 4.38. The summed E-state index contributed by atoms with van der Waals surface area (Å²) in [5.74, 6) is 0. The summed E-state index contributed by atoms with van der Waals surface area (Å²) in [6.07, 6.45) is 4.91. The van der Waals surface area contributed by atoms with Gasteiger partial charge in [-0.2, -0.15) is 0 Å². The Labute approximate surface area is 131 Å². The molecule has 0 aromatic heterocycles. The number of allylic oxidation sites excluding steroid dienone is 1. The molecule has 1 aliphatic rings. The standard InChI is InChI=1S/C20H21NO/c1-3-15-7-9-16(10-8-15)11-17-12-21-19(13-22)20-14(2)5-4-6-18(17)20/h4-10,12-13,19,21H,3,11H2,1-2H3. The highest BCUT2D eigenvalue weighted by Gasteiger charge is 2.22. The van der Waals surface area contributed by atoms with Crippen molar-refractivity contribution in [3.8, 4) is 0 Å². The lowest BCUT2D eigenvalue weighted by Gasteiger charge is -2.25. The van der Waals surface area contributed by atoms with Gasteiger partial charge in [-0.15, -0.1) is 0 Å². The van der Waals surface area contributed by atoms with E-state index in [1.807, 2.05) is 6.20 Å². The number of carbonyl (C=O) groups excluding carboxylic acids is 1. The van der Waals surface area contributed by atoms with Gasteiger partial charge in [-0.3, -0.25) is 0 Å². The van der Waals surface area contributed by atoms with E-state index < -0.39 is 0 Å². The molecule has 1 N–H and O–H groups in total. The van der Waals surface area contributed by atoms with E-state index in [0.717, 1.165) is 30.3 Å². The van der Waals surface area contributed by atoms with Gasteiger partial charge >= 0.3 is 0 Å². The van der Waals surface area contributed by atoms with Crippen LogP contribution in [0, 0.1) is 6.92 Å². The summed E-state index contributed by atoms with van der Waals surface area (Å²) >= 11 is 0. The van der Waals surface area contributed by atoms with Crippen LogP contribution in [0.4, 0.5) is 0 Å². The first-order chi connectivity index (χ1) is 10.7. The SMILES string of the molecule is CCc1ccc(CC2=CNC(C=O)c3c(C)cccc32)cc1. The predicted octanol–water partition coefficient (Wildman–Crippen LogP) is 3.98. The quantitative estimate of drug-likeness (QED) is 0.863. The van der Waals surface area contributed by atoms with Gasteiger partial charge in [0.25, 0.3) is 0 Å². The van der Waals surface area contributed by atoms with Gasteiger partial charge in [-0.1, -0.05) is 49.4 Å². The average Bonchev–Trinajstić information content (AvgIpc) is 2.56. The maximum Gasteiger partial charge on any atom is 0.146 e. The monoisotopic (exact) mass is 291 g/mol. The number of nitrogens with one attached hydrogen (secondary N) is 1. The van der Waals surface area contributed by atoms with E-state index in [1.54, 1.807) is 0 Å². The Balaban J connectivity index is 1.93. The Bertz CT molecular complexity index is 713. The van der Waals surface area contributed by atoms with Crippen LogP contribution in [0.2, 0.25) is 0 Å². The molecule has 112 valence electrons. The highest BCUT2D eigenvalue weighted by atomic mass is 16.1. The third kappa shape index (κ3) is 2.69. The van der Waals surface area contributed by atoms with Gasteiger partial charge in [-0.25, -0.2) is 0 Å². The number of hydrogen-bond donors (Lipinski definition) is 1. The molecule has 0 saturated carbocycles. The van der Waals surface area contributed by atoms with Gasteiger partial charge in [0.15, 0.2) is 0 Å². The summed E-state index contributed by atoms with van der Waals surface area (Å²) in [6, 6.07) is 14.8. The molecule has 2 aromatic rings. The number of fused-ring (bicyclic) bond motifs is 1. The third-order valence-corrected chi connectivity index (χ3v) is 4.38. The van der Waals surface area contributed by atoms with Crippen LogP contribution in [-0.4, -0.2) is 6.29 Å². The number of benzene rings is 2. The zero-order valence-electron chi connectivity index (χ0n) is 13.1. The van der Waals surface area contributed by atoms with Crippen molar-refractivity contribution in [1.82, 2.24) is 5.32 Å². The molecule has 22 heavy (non-hydrogen) atoms. The first-order valence-electron chi connectivity index (χ1n) is 7.81. The van der Waals surface area contributed by atoms with E-state index >= 15 is 0 Å². The van der Waals surface area contributed by atoms with E-state index in [2.05, 4.69) is 61.6 Å². The van der Waals surface area contributed by atoms with Crippen molar-refractivity contribution in [2.24, 2.45) is 0 Å². The minimum Gasteiger partial charge on any atom is -0.378 e. The van der Waals surface area contributed by atoms with E-state index in [9.17, 15) is 4.79 Å². The molecule has 1 aliphatic heterocycles. The summed E-state index contributed by atoms with van der Waals surface area (Å²) in [4.78, 5) is 11.3. The van der Waals surface area contributed by atoms with Gasteiger partial charge in [0.2, 0.25) is 0 Å². The molecule has 0 spiro atoms. The molecule has 0 aliphatic carbocycles. The van der Waals surface area contributed by atoms with Gasteiger partial charge < -0.3 is 10.1 Å². The van der Waals surface area contributed by atoms with Crippen LogP contribution in [0.5, 0.6) is 0 Å². The van der Waals surface area contributed by atoms with Gasteiger partial charge in [0, 0.05) is 6.20 Å². The Kier molecular flexibility index (Phi) is 4.10. The van der Waals surface area contributed by atoms with Crippen LogP contribution >= 0.6 is 0 Å². The van der Waals surface area contributed by atoms with Gasteiger partial charge in [-0.05, 0) is 53.2 Å². The number of rotatable bonds is 4. The Hall–Kier alpha value is -2.35. The molecule has 0 bridgehead atoms. The van der Waals surface area contributed by atoms with Crippen LogP contribution in [0.15, 0.2) is 48.7 Å². The highest BCUT2D eigenvalue weighted by Crippen LogP contribution is 2.32. The van der Waals surface area contributed by atoms with Crippen molar-refractivity contribution in [3.05, 3.63) is 76.5 Å². The molecular formula is C20H21NO. The number of carbonyl (C=O) groups is 1. The lowest BCUT2D eigenvalue weighted by Crippen LogP contribution is -2.24. The topological polar surface area (TPSA) is 29.1 Å². The summed E-state index contributed by atoms with van der Waals surface area (Å²) in [7, 11) is 0. The Morgan fingerprint density at radius 2 is 1.82 bits per heavy atom. The van der Waals surface area contributed by atoms with Crippen LogP contribution in [0.3, 0.4) is 0 Å². The van der Waals surface area contributed by atoms with Gasteiger partial charge in [0.1, 0.15) is 12.3 Å². The largest absolute Gasteiger partial charge is 0.378 e. The van der Waals surface area contributed by atoms with Crippen LogP contribution in [0.25, 0.3) is 5.57 Å². The average molecular weight is 291 g/mol. The van der Waals surface area contributed by atoms with Crippen molar-refractivity contribution in [3.63, 3.8) is 0 Å². The van der Waals surface area contributed by atoms with Crippen molar-refractivity contribution in [1.29, 1.82) is 0 Å². The molecule has 2 aromatic carbocycles. The van der Waals surface area contributed by atoms with Crippen LogP contribution in [-0.2, 0) is 17.6 Å². The smallest absolute Gasteiger partial charge is 0.146 e.